The molecule has 2 N–H and O–H groups in total. The van der Waals surface area contributed by atoms with Crippen molar-refractivity contribution < 1.29 is 19.1 Å². The first-order valence-corrected chi connectivity index (χ1v) is 19.4. The fourth-order valence-corrected chi connectivity index (χ4v) is 8.42. The monoisotopic (exact) mass is 793 g/mol. The molecule has 2 aromatic carbocycles. The van der Waals surface area contributed by atoms with E-state index in [9.17, 15) is 14.4 Å². The molecule has 3 saturated heterocycles. The molecule has 3 aromatic heterocycles. The molecule has 0 saturated carbocycles. The van der Waals surface area contributed by atoms with Crippen molar-refractivity contribution in [3.05, 3.63) is 82.2 Å². The number of hydrogen-bond donors (Lipinski definition) is 2. The number of benzene rings is 2. The number of hydrogen-bond acceptors (Lipinski definition) is 9. The Morgan fingerprint density at radius 3 is 2.56 bits per heavy atom. The molecule has 5 aromatic rings. The number of aryl methyl sites for hydroxylation is 2. The number of imide groups is 1. The minimum atomic E-state index is -0.271. The van der Waals surface area contributed by atoms with Crippen molar-refractivity contribution in [3.63, 3.8) is 0 Å². The van der Waals surface area contributed by atoms with Crippen LogP contribution in [-0.2, 0) is 16.6 Å². The van der Waals surface area contributed by atoms with Crippen LogP contribution in [0.5, 0.6) is 11.5 Å². The zero-order valence-corrected chi connectivity index (χ0v) is 32.3. The van der Waals surface area contributed by atoms with E-state index in [1.165, 1.54) is 0 Å². The molecule has 3 fully saturated rings. The van der Waals surface area contributed by atoms with Gasteiger partial charge in [0.25, 0.3) is 5.91 Å². The van der Waals surface area contributed by atoms with Crippen LogP contribution in [-0.4, -0.2) is 97.6 Å². The summed E-state index contributed by atoms with van der Waals surface area (Å²) in [7, 11) is 1.88. The molecule has 14 heteroatoms. The van der Waals surface area contributed by atoms with E-state index in [0.29, 0.717) is 70.4 Å². The van der Waals surface area contributed by atoms with E-state index < -0.39 is 0 Å². The molecule has 3 aliphatic rings. The number of anilines is 1. The number of aromatic nitrogens is 5. The third-order valence-corrected chi connectivity index (χ3v) is 11.6. The van der Waals surface area contributed by atoms with Gasteiger partial charge in [0.05, 0.1) is 21.6 Å². The Hall–Kier alpha value is -5.08. The van der Waals surface area contributed by atoms with Crippen LogP contribution in [0.25, 0.3) is 22.6 Å². The van der Waals surface area contributed by atoms with Crippen LogP contribution < -0.4 is 15.0 Å². The average Bonchev–Trinajstić information content (AvgIpc) is 3.76. The number of carbonyl (C=O) groups is 3. The van der Waals surface area contributed by atoms with E-state index in [1.54, 1.807) is 10.9 Å². The van der Waals surface area contributed by atoms with E-state index >= 15 is 0 Å². The molecule has 0 aliphatic carbocycles. The molecule has 280 valence electrons. The number of imidazole rings is 1. The Morgan fingerprint density at radius 1 is 1.04 bits per heavy atom. The van der Waals surface area contributed by atoms with Gasteiger partial charge in [-0.3, -0.25) is 29.3 Å². The lowest BCUT2D eigenvalue weighted by Crippen LogP contribution is -2.55. The number of nitrogens with one attached hydrogen (secondary N) is 2. The van der Waals surface area contributed by atoms with Gasteiger partial charge in [-0.2, -0.15) is 5.10 Å². The van der Waals surface area contributed by atoms with Crippen molar-refractivity contribution in [3.8, 4) is 22.9 Å². The molecular weight excluding hydrogens is 750 g/mol. The van der Waals surface area contributed by atoms with E-state index in [4.69, 9.17) is 4.74 Å². The summed E-state index contributed by atoms with van der Waals surface area (Å²) in [5.74, 6) is 1.79. The molecule has 13 nitrogen and oxygen atoms in total. The second-order valence-electron chi connectivity index (χ2n) is 14.8. The van der Waals surface area contributed by atoms with Gasteiger partial charge in [-0.05, 0) is 96.9 Å². The van der Waals surface area contributed by atoms with Crippen LogP contribution >= 0.6 is 15.9 Å². The molecule has 6 heterocycles. The molecule has 3 aliphatic heterocycles. The Bertz CT molecular complexity index is 2210. The normalized spacial score (nSPS) is 20.1. The number of rotatable bonds is 8. The summed E-state index contributed by atoms with van der Waals surface area (Å²) in [6, 6.07) is 15.8. The molecule has 0 spiro atoms. The van der Waals surface area contributed by atoms with Crippen LogP contribution in [0.2, 0.25) is 0 Å². The summed E-state index contributed by atoms with van der Waals surface area (Å²) >= 11 is 3.58. The zero-order chi connectivity index (χ0) is 37.5. The third kappa shape index (κ3) is 7.36. The van der Waals surface area contributed by atoms with Crippen LogP contribution in [0.1, 0.15) is 60.1 Å². The molecule has 0 unspecified atom stereocenters. The van der Waals surface area contributed by atoms with Gasteiger partial charge in [0.1, 0.15) is 17.1 Å². The lowest BCUT2D eigenvalue weighted by atomic mass is 9.89. The molecule has 0 bridgehead atoms. The summed E-state index contributed by atoms with van der Waals surface area (Å²) in [4.78, 5) is 57.1. The van der Waals surface area contributed by atoms with Crippen LogP contribution in [0, 0.1) is 12.8 Å². The molecule has 54 heavy (non-hydrogen) atoms. The van der Waals surface area contributed by atoms with Crippen LogP contribution in [0.4, 0.5) is 5.69 Å². The number of aromatic amines is 1. The zero-order valence-electron chi connectivity index (χ0n) is 30.7. The lowest BCUT2D eigenvalue weighted by molar-refractivity contribution is -0.134. The SMILES string of the molecule is Cc1nn(C)cc1-c1nc2ncc(Br)c(Oc3ccc(C(=O)N4CCN(CC5CCN(c6cccc([C@@H]7CCC(=O)NC7=O)c6)CC5)[C@H](C)C4)cc3)c2[nH]1. The molecule has 3 amide bonds. The number of nitrogens with zero attached hydrogens (tertiary/aromatic N) is 7. The maximum absolute atomic E-state index is 13.6. The van der Waals surface area contributed by atoms with Crippen LogP contribution in [0.15, 0.2) is 65.4 Å². The highest BCUT2D eigenvalue weighted by Crippen LogP contribution is 2.37. The van der Waals surface area contributed by atoms with Gasteiger partial charge in [-0.15, -0.1) is 0 Å². The Balaban J connectivity index is 0.840. The van der Waals surface area contributed by atoms with Crippen molar-refractivity contribution in [2.45, 2.75) is 51.5 Å². The van der Waals surface area contributed by atoms with Crippen molar-refractivity contribution >= 4 is 50.5 Å². The average molecular weight is 795 g/mol. The van der Waals surface area contributed by atoms with Gasteiger partial charge in [0.15, 0.2) is 11.4 Å². The van der Waals surface area contributed by atoms with Crippen LogP contribution in [0.3, 0.4) is 0 Å². The minimum absolute atomic E-state index is 0.0263. The molecular formula is C40H44BrN9O4. The second kappa shape index (κ2) is 15.0. The highest BCUT2D eigenvalue weighted by molar-refractivity contribution is 9.10. The standard InChI is InChI=1S/C40H44BrN9O4/c1-24-21-50(18-17-49(24)22-26-13-15-48(16-14-26)29-6-4-5-28(19-29)31-11-12-34(51)43-39(31)52)40(53)27-7-9-30(10-8-27)54-36-33(41)20-42-38-35(36)44-37(45-38)32-23-47(3)46-25(32)2/h4-10,19-20,23-24,26,31H,11-18,21-22H2,1-3H3,(H,42,44,45)(H,43,51,52)/t24-,31+/m1/s1. The minimum Gasteiger partial charge on any atom is -0.454 e. The second-order valence-corrected chi connectivity index (χ2v) is 15.6. The van der Waals surface area contributed by atoms with Crippen molar-refractivity contribution in [2.24, 2.45) is 13.0 Å². The van der Waals surface area contributed by atoms with E-state index in [0.717, 1.165) is 61.5 Å². The van der Waals surface area contributed by atoms with Gasteiger partial charge >= 0.3 is 0 Å². The van der Waals surface area contributed by atoms with Gasteiger partial charge in [0.2, 0.25) is 11.8 Å². The fraction of sp³-hybridized carbons (Fsp3) is 0.400. The van der Waals surface area contributed by atoms with Crippen molar-refractivity contribution in [1.29, 1.82) is 0 Å². The van der Waals surface area contributed by atoms with Crippen molar-refractivity contribution in [2.75, 3.05) is 44.2 Å². The molecule has 2 atom stereocenters. The summed E-state index contributed by atoms with van der Waals surface area (Å²) in [6.07, 6.45) is 6.72. The number of ether oxygens (including phenoxy) is 1. The summed E-state index contributed by atoms with van der Waals surface area (Å²) in [5, 5.41) is 6.91. The Kier molecular flexibility index (Phi) is 9.97. The maximum atomic E-state index is 13.6. The third-order valence-electron chi connectivity index (χ3n) is 11.1. The van der Waals surface area contributed by atoms with E-state index in [1.807, 2.05) is 61.5 Å². The fourth-order valence-electron chi connectivity index (χ4n) is 8.04. The number of fused-ring (bicyclic) bond motifs is 1. The number of H-pyrrole nitrogens is 1. The Labute approximate surface area is 322 Å². The number of amides is 3. The number of piperazine rings is 1. The summed E-state index contributed by atoms with van der Waals surface area (Å²) in [6.45, 7) is 9.33. The van der Waals surface area contributed by atoms with Gasteiger partial charge < -0.3 is 19.5 Å². The van der Waals surface area contributed by atoms with Gasteiger partial charge in [0, 0.05) is 82.4 Å². The van der Waals surface area contributed by atoms with Crippen molar-refractivity contribution in [1.82, 2.24) is 39.8 Å². The first-order valence-electron chi connectivity index (χ1n) is 18.6. The largest absolute Gasteiger partial charge is 0.454 e. The summed E-state index contributed by atoms with van der Waals surface area (Å²) in [5.41, 5.74) is 5.70. The highest BCUT2D eigenvalue weighted by Gasteiger charge is 2.31. The Morgan fingerprint density at radius 2 is 1.83 bits per heavy atom. The molecule has 8 rings (SSSR count). The van der Waals surface area contributed by atoms with E-state index in [-0.39, 0.29) is 29.7 Å². The highest BCUT2D eigenvalue weighted by atomic mass is 79.9. The summed E-state index contributed by atoms with van der Waals surface area (Å²) < 4.78 is 8.76. The predicted octanol–water partition coefficient (Wildman–Crippen LogP) is 5.80. The molecule has 0 radical (unpaired) electrons. The predicted molar refractivity (Wildman–Crippen MR) is 208 cm³/mol. The maximum Gasteiger partial charge on any atom is 0.253 e. The number of piperidine rings is 2. The topological polar surface area (TPSA) is 142 Å². The number of halogens is 1. The smallest absolute Gasteiger partial charge is 0.253 e. The first-order chi connectivity index (χ1) is 26.1. The quantitative estimate of drug-likeness (QED) is 0.187. The van der Waals surface area contributed by atoms with E-state index in [2.05, 4.69) is 70.2 Å². The number of pyridine rings is 1. The number of carbonyl (C=O) groups excluding carboxylic acids is 3. The lowest BCUT2D eigenvalue weighted by Gasteiger charge is -2.43. The van der Waals surface area contributed by atoms with Gasteiger partial charge in [-0.1, -0.05) is 12.1 Å². The van der Waals surface area contributed by atoms with Gasteiger partial charge in [-0.25, -0.2) is 9.97 Å². The first kappa shape index (κ1) is 35.9.